The van der Waals surface area contributed by atoms with Crippen LogP contribution in [-0.4, -0.2) is 42.1 Å². The summed E-state index contributed by atoms with van der Waals surface area (Å²) < 4.78 is 5.43. The zero-order chi connectivity index (χ0) is 18.4. The molecule has 0 saturated carbocycles. The fourth-order valence-electron chi connectivity index (χ4n) is 3.35. The molecule has 1 saturated heterocycles. The first-order chi connectivity index (χ1) is 12.7. The molecule has 3 rings (SSSR count). The maximum atomic E-state index is 11.2. The van der Waals surface area contributed by atoms with Crippen LogP contribution in [0.4, 0.5) is 0 Å². The van der Waals surface area contributed by atoms with E-state index in [0.29, 0.717) is 13.0 Å². The molecule has 7 nitrogen and oxygen atoms in total. The van der Waals surface area contributed by atoms with Gasteiger partial charge in [0.25, 0.3) is 0 Å². The van der Waals surface area contributed by atoms with E-state index in [0.717, 1.165) is 48.9 Å². The number of benzene rings is 1. The molecular formula is C19H25N5O2. The summed E-state index contributed by atoms with van der Waals surface area (Å²) in [6.45, 7) is 2.21. The van der Waals surface area contributed by atoms with E-state index in [1.165, 1.54) is 0 Å². The van der Waals surface area contributed by atoms with Crippen molar-refractivity contribution in [3.05, 3.63) is 42.2 Å². The van der Waals surface area contributed by atoms with Gasteiger partial charge in [0.1, 0.15) is 5.69 Å². The molecule has 1 fully saturated rings. The summed E-state index contributed by atoms with van der Waals surface area (Å²) in [5.74, 6) is 1.59. The smallest absolute Gasteiger partial charge is 0.217 e. The van der Waals surface area contributed by atoms with E-state index in [9.17, 15) is 4.79 Å². The molecule has 0 radical (unpaired) electrons. The van der Waals surface area contributed by atoms with Gasteiger partial charge in [-0.2, -0.15) is 0 Å². The standard InChI is InChI=1S/C19H25N5O2/c1-21-19(24-9-5-6-14(13-24)10-18(20)25)22-12-16-11-17(23-26-16)15-7-3-2-4-8-15/h2-4,7-8,11,14H,5-6,9-10,12-13H2,1H3,(H2,20,25)(H,21,22). The maximum absolute atomic E-state index is 11.2. The Balaban J connectivity index is 1.58. The molecule has 138 valence electrons. The number of hydrogen-bond acceptors (Lipinski definition) is 4. The Morgan fingerprint density at radius 1 is 1.42 bits per heavy atom. The third-order valence-electron chi connectivity index (χ3n) is 4.57. The first kappa shape index (κ1) is 18.0. The lowest BCUT2D eigenvalue weighted by Crippen LogP contribution is -2.46. The second-order valence-corrected chi connectivity index (χ2v) is 6.57. The van der Waals surface area contributed by atoms with Crippen LogP contribution in [0, 0.1) is 5.92 Å². The van der Waals surface area contributed by atoms with Gasteiger partial charge in [0.2, 0.25) is 5.91 Å². The van der Waals surface area contributed by atoms with E-state index >= 15 is 0 Å². The Labute approximate surface area is 153 Å². The van der Waals surface area contributed by atoms with Crippen LogP contribution in [0.2, 0.25) is 0 Å². The number of aromatic nitrogens is 1. The predicted molar refractivity (Wildman–Crippen MR) is 100 cm³/mol. The van der Waals surface area contributed by atoms with Crippen LogP contribution in [0.5, 0.6) is 0 Å². The summed E-state index contributed by atoms with van der Waals surface area (Å²) in [7, 11) is 1.76. The monoisotopic (exact) mass is 355 g/mol. The zero-order valence-electron chi connectivity index (χ0n) is 15.0. The number of piperidine rings is 1. The minimum Gasteiger partial charge on any atom is -0.370 e. The summed E-state index contributed by atoms with van der Waals surface area (Å²) >= 11 is 0. The molecule has 2 heterocycles. The van der Waals surface area contributed by atoms with Crippen molar-refractivity contribution in [2.45, 2.75) is 25.8 Å². The van der Waals surface area contributed by atoms with Gasteiger partial charge in [-0.1, -0.05) is 35.5 Å². The normalized spacial score (nSPS) is 18.0. The van der Waals surface area contributed by atoms with Crippen LogP contribution >= 0.6 is 0 Å². The van der Waals surface area contributed by atoms with Gasteiger partial charge in [-0.15, -0.1) is 0 Å². The second kappa shape index (κ2) is 8.51. The summed E-state index contributed by atoms with van der Waals surface area (Å²) in [6, 6.07) is 11.9. The fraction of sp³-hybridized carbons (Fsp3) is 0.421. The van der Waals surface area contributed by atoms with Crippen LogP contribution in [0.3, 0.4) is 0 Å². The average Bonchev–Trinajstić information content (AvgIpc) is 3.12. The number of carbonyl (C=O) groups excluding carboxylic acids is 1. The van der Waals surface area contributed by atoms with Crippen molar-refractivity contribution < 1.29 is 9.32 Å². The third-order valence-corrected chi connectivity index (χ3v) is 4.57. The topological polar surface area (TPSA) is 96.8 Å². The quantitative estimate of drug-likeness (QED) is 0.632. The number of primary amides is 1. The molecule has 1 aromatic carbocycles. The Bertz CT molecular complexity index is 756. The van der Waals surface area contributed by atoms with E-state index in [1.54, 1.807) is 7.05 Å². The molecule has 7 heteroatoms. The highest BCUT2D eigenvalue weighted by molar-refractivity contribution is 5.80. The Morgan fingerprint density at radius 3 is 2.96 bits per heavy atom. The van der Waals surface area contributed by atoms with E-state index in [-0.39, 0.29) is 11.8 Å². The lowest BCUT2D eigenvalue weighted by Gasteiger charge is -2.34. The van der Waals surface area contributed by atoms with Crippen molar-refractivity contribution in [3.63, 3.8) is 0 Å². The van der Waals surface area contributed by atoms with Gasteiger partial charge >= 0.3 is 0 Å². The molecular weight excluding hydrogens is 330 g/mol. The minimum absolute atomic E-state index is 0.241. The van der Waals surface area contributed by atoms with E-state index in [1.807, 2.05) is 36.4 Å². The van der Waals surface area contributed by atoms with Gasteiger partial charge in [0, 0.05) is 38.2 Å². The van der Waals surface area contributed by atoms with Crippen LogP contribution in [0.1, 0.15) is 25.0 Å². The Morgan fingerprint density at radius 2 is 2.23 bits per heavy atom. The highest BCUT2D eigenvalue weighted by Gasteiger charge is 2.23. The van der Waals surface area contributed by atoms with Crippen LogP contribution in [0.15, 0.2) is 45.9 Å². The number of rotatable bonds is 5. The van der Waals surface area contributed by atoms with E-state index < -0.39 is 0 Å². The SMILES string of the molecule is CN=C(NCc1cc(-c2ccccc2)no1)N1CCCC(CC(N)=O)C1. The van der Waals surface area contributed by atoms with Crippen LogP contribution in [-0.2, 0) is 11.3 Å². The lowest BCUT2D eigenvalue weighted by atomic mass is 9.95. The van der Waals surface area contributed by atoms with Crippen LogP contribution < -0.4 is 11.1 Å². The predicted octanol–water partition coefficient (Wildman–Crippen LogP) is 2.00. The third kappa shape index (κ3) is 4.62. The number of amides is 1. The van der Waals surface area contributed by atoms with Crippen molar-refractivity contribution >= 4 is 11.9 Å². The molecule has 0 aliphatic carbocycles. The molecule has 1 unspecified atom stereocenters. The Kier molecular flexibility index (Phi) is 5.88. The number of nitrogens with one attached hydrogen (secondary N) is 1. The van der Waals surface area contributed by atoms with Gasteiger partial charge in [-0.25, -0.2) is 0 Å². The number of hydrogen-bond donors (Lipinski definition) is 2. The molecule has 2 aromatic rings. The van der Waals surface area contributed by atoms with Crippen molar-refractivity contribution in [1.82, 2.24) is 15.4 Å². The summed E-state index contributed by atoms with van der Waals surface area (Å²) in [4.78, 5) is 17.7. The Hall–Kier alpha value is -2.83. The summed E-state index contributed by atoms with van der Waals surface area (Å²) in [5, 5.41) is 7.45. The van der Waals surface area contributed by atoms with Crippen molar-refractivity contribution in [2.75, 3.05) is 20.1 Å². The van der Waals surface area contributed by atoms with Crippen LogP contribution in [0.25, 0.3) is 11.3 Å². The summed E-state index contributed by atoms with van der Waals surface area (Å²) in [6.07, 6.45) is 2.48. The molecule has 26 heavy (non-hydrogen) atoms. The maximum Gasteiger partial charge on any atom is 0.217 e. The molecule has 0 bridgehead atoms. The van der Waals surface area contributed by atoms with E-state index in [4.69, 9.17) is 10.3 Å². The van der Waals surface area contributed by atoms with Gasteiger partial charge in [-0.3, -0.25) is 9.79 Å². The fourth-order valence-corrected chi connectivity index (χ4v) is 3.35. The minimum atomic E-state index is -0.241. The average molecular weight is 355 g/mol. The number of nitrogens with two attached hydrogens (primary N) is 1. The lowest BCUT2D eigenvalue weighted by molar-refractivity contribution is -0.119. The van der Waals surface area contributed by atoms with Crippen molar-refractivity contribution in [3.8, 4) is 11.3 Å². The highest BCUT2D eigenvalue weighted by atomic mass is 16.5. The van der Waals surface area contributed by atoms with Crippen molar-refractivity contribution in [2.24, 2.45) is 16.6 Å². The number of guanidine groups is 1. The molecule has 1 aliphatic rings. The summed E-state index contributed by atoms with van der Waals surface area (Å²) in [5.41, 5.74) is 7.18. The largest absolute Gasteiger partial charge is 0.370 e. The van der Waals surface area contributed by atoms with E-state index in [2.05, 4.69) is 20.4 Å². The van der Waals surface area contributed by atoms with Gasteiger partial charge < -0.3 is 20.5 Å². The van der Waals surface area contributed by atoms with Gasteiger partial charge in [0.15, 0.2) is 11.7 Å². The molecule has 1 aliphatic heterocycles. The number of aliphatic imine (C=N–C) groups is 1. The molecule has 3 N–H and O–H groups in total. The molecule has 1 atom stereocenters. The zero-order valence-corrected chi connectivity index (χ0v) is 15.0. The number of nitrogens with zero attached hydrogens (tertiary/aromatic N) is 3. The van der Waals surface area contributed by atoms with Gasteiger partial charge in [-0.05, 0) is 18.8 Å². The molecule has 0 spiro atoms. The van der Waals surface area contributed by atoms with Crippen molar-refractivity contribution in [1.29, 1.82) is 0 Å². The van der Waals surface area contributed by atoms with Gasteiger partial charge in [0.05, 0.1) is 6.54 Å². The highest BCUT2D eigenvalue weighted by Crippen LogP contribution is 2.20. The molecule has 1 amide bonds. The molecule has 1 aromatic heterocycles. The first-order valence-electron chi connectivity index (χ1n) is 8.90. The first-order valence-corrected chi connectivity index (χ1v) is 8.90. The number of likely N-dealkylation sites (tertiary alicyclic amines) is 1. The second-order valence-electron chi connectivity index (χ2n) is 6.57. The number of carbonyl (C=O) groups is 1.